The fourth-order valence-electron chi connectivity index (χ4n) is 2.36. The number of rotatable bonds is 9. The van der Waals surface area contributed by atoms with E-state index in [1.807, 2.05) is 6.92 Å². The molecule has 0 fully saturated rings. The molecule has 3 heteroatoms. The van der Waals surface area contributed by atoms with Gasteiger partial charge in [-0.3, -0.25) is 4.79 Å². The van der Waals surface area contributed by atoms with Gasteiger partial charge in [-0.15, -0.1) is 0 Å². The van der Waals surface area contributed by atoms with Gasteiger partial charge >= 0.3 is 5.97 Å². The van der Waals surface area contributed by atoms with Gasteiger partial charge in [0.15, 0.2) is 0 Å². The molecule has 0 aromatic rings. The zero-order chi connectivity index (χ0) is 13.9. The predicted octanol–water partition coefficient (Wildman–Crippen LogP) is 3.73. The van der Waals surface area contributed by atoms with Gasteiger partial charge in [0.05, 0.1) is 6.61 Å². The van der Waals surface area contributed by atoms with Crippen molar-refractivity contribution in [3.63, 3.8) is 0 Å². The molecule has 1 rings (SSSR count). The minimum Gasteiger partial charge on any atom is -0.466 e. The van der Waals surface area contributed by atoms with Crippen LogP contribution in [0.1, 0.15) is 52.4 Å². The zero-order valence-corrected chi connectivity index (χ0v) is 12.4. The highest BCUT2D eigenvalue weighted by Gasteiger charge is 2.17. The summed E-state index contributed by atoms with van der Waals surface area (Å²) in [6, 6.07) is 0. The Morgan fingerprint density at radius 3 is 2.74 bits per heavy atom. The Morgan fingerprint density at radius 1 is 1.21 bits per heavy atom. The van der Waals surface area contributed by atoms with Crippen molar-refractivity contribution < 1.29 is 14.3 Å². The molecule has 1 aliphatic rings. The second-order valence-electron chi connectivity index (χ2n) is 5.37. The van der Waals surface area contributed by atoms with Crippen LogP contribution in [0.4, 0.5) is 0 Å². The van der Waals surface area contributed by atoms with Crippen LogP contribution >= 0.6 is 0 Å². The molecule has 0 saturated carbocycles. The van der Waals surface area contributed by atoms with E-state index >= 15 is 0 Å². The molecule has 0 N–H and O–H groups in total. The van der Waals surface area contributed by atoms with Crippen LogP contribution in [-0.4, -0.2) is 25.8 Å². The Balaban J connectivity index is 1.91. The van der Waals surface area contributed by atoms with Crippen molar-refractivity contribution in [1.82, 2.24) is 0 Å². The number of carbonyl (C=O) groups is 1. The quantitative estimate of drug-likeness (QED) is 0.363. The Kier molecular flexibility index (Phi) is 8.55. The summed E-state index contributed by atoms with van der Waals surface area (Å²) in [6.07, 6.45) is 10.4. The van der Waals surface area contributed by atoms with Crippen LogP contribution < -0.4 is 0 Å². The topological polar surface area (TPSA) is 35.5 Å². The molecule has 0 radical (unpaired) electrons. The molecular formula is C16H28O3. The molecule has 2 atom stereocenters. The van der Waals surface area contributed by atoms with E-state index < -0.39 is 0 Å². The molecule has 0 aromatic carbocycles. The predicted molar refractivity (Wildman–Crippen MR) is 76.9 cm³/mol. The molecule has 0 heterocycles. The number of hydrogen-bond donors (Lipinski definition) is 0. The Bertz CT molecular complexity index is 273. The summed E-state index contributed by atoms with van der Waals surface area (Å²) in [6.45, 7) is 6.32. The maximum atomic E-state index is 11.1. The lowest BCUT2D eigenvalue weighted by Gasteiger charge is -2.24. The number of esters is 1. The van der Waals surface area contributed by atoms with E-state index in [0.29, 0.717) is 18.9 Å². The van der Waals surface area contributed by atoms with Crippen molar-refractivity contribution >= 4 is 5.97 Å². The van der Waals surface area contributed by atoms with Crippen molar-refractivity contribution in [2.45, 2.75) is 52.4 Å². The van der Waals surface area contributed by atoms with Crippen molar-refractivity contribution in [3.8, 4) is 0 Å². The summed E-state index contributed by atoms with van der Waals surface area (Å²) < 4.78 is 10.6. The van der Waals surface area contributed by atoms with Crippen LogP contribution in [0.5, 0.6) is 0 Å². The Morgan fingerprint density at radius 2 is 2.00 bits per heavy atom. The summed E-state index contributed by atoms with van der Waals surface area (Å²) in [4.78, 5) is 11.1. The van der Waals surface area contributed by atoms with E-state index in [-0.39, 0.29) is 5.97 Å². The standard InChI is InChI=1S/C16H28O3/c1-3-19-16(17)11-5-4-8-12-18-13-15-10-7-6-9-14(15)2/h6-7,14-15H,3-5,8-13H2,1-2H3. The third-order valence-corrected chi connectivity index (χ3v) is 3.72. The smallest absolute Gasteiger partial charge is 0.305 e. The summed E-state index contributed by atoms with van der Waals surface area (Å²) in [5.74, 6) is 1.35. The van der Waals surface area contributed by atoms with E-state index in [1.165, 1.54) is 6.42 Å². The number of ether oxygens (including phenoxy) is 2. The summed E-state index contributed by atoms with van der Waals surface area (Å²) in [5.41, 5.74) is 0. The molecule has 0 spiro atoms. The molecule has 0 bridgehead atoms. The van der Waals surface area contributed by atoms with Crippen molar-refractivity contribution in [2.24, 2.45) is 11.8 Å². The minimum absolute atomic E-state index is 0.0776. The van der Waals surface area contributed by atoms with Gasteiger partial charge in [-0.05, 0) is 44.4 Å². The number of allylic oxidation sites excluding steroid dienone is 2. The van der Waals surface area contributed by atoms with Crippen LogP contribution in [-0.2, 0) is 14.3 Å². The van der Waals surface area contributed by atoms with Crippen LogP contribution in [0, 0.1) is 11.8 Å². The van der Waals surface area contributed by atoms with Gasteiger partial charge in [0.2, 0.25) is 0 Å². The fraction of sp³-hybridized carbons (Fsp3) is 0.812. The monoisotopic (exact) mass is 268 g/mol. The summed E-state index contributed by atoms with van der Waals surface area (Å²) >= 11 is 0. The lowest BCUT2D eigenvalue weighted by molar-refractivity contribution is -0.143. The van der Waals surface area contributed by atoms with E-state index in [1.54, 1.807) is 0 Å². The highest BCUT2D eigenvalue weighted by Crippen LogP contribution is 2.25. The molecule has 0 aliphatic heterocycles. The Hall–Kier alpha value is -0.830. The molecule has 3 nitrogen and oxygen atoms in total. The highest BCUT2D eigenvalue weighted by molar-refractivity contribution is 5.69. The van der Waals surface area contributed by atoms with Crippen LogP contribution in [0.15, 0.2) is 12.2 Å². The van der Waals surface area contributed by atoms with Crippen molar-refractivity contribution in [2.75, 3.05) is 19.8 Å². The first-order valence-corrected chi connectivity index (χ1v) is 7.62. The molecule has 0 aromatic heterocycles. The normalized spacial score (nSPS) is 22.4. The zero-order valence-electron chi connectivity index (χ0n) is 12.4. The summed E-state index contributed by atoms with van der Waals surface area (Å²) in [7, 11) is 0. The minimum atomic E-state index is -0.0776. The van der Waals surface area contributed by atoms with Crippen molar-refractivity contribution in [1.29, 1.82) is 0 Å². The lowest BCUT2D eigenvalue weighted by atomic mass is 9.85. The maximum absolute atomic E-state index is 11.1. The van der Waals surface area contributed by atoms with E-state index in [0.717, 1.165) is 44.8 Å². The maximum Gasteiger partial charge on any atom is 0.305 e. The van der Waals surface area contributed by atoms with Gasteiger partial charge in [0.1, 0.15) is 0 Å². The number of unbranched alkanes of at least 4 members (excludes halogenated alkanes) is 2. The van der Waals surface area contributed by atoms with Crippen LogP contribution in [0.25, 0.3) is 0 Å². The molecule has 0 saturated heterocycles. The lowest BCUT2D eigenvalue weighted by Crippen LogP contribution is -2.19. The van der Waals surface area contributed by atoms with Crippen LogP contribution in [0.3, 0.4) is 0 Å². The Labute approximate surface area is 117 Å². The fourth-order valence-corrected chi connectivity index (χ4v) is 2.36. The van der Waals surface area contributed by atoms with Gasteiger partial charge in [-0.2, -0.15) is 0 Å². The van der Waals surface area contributed by atoms with Gasteiger partial charge in [0.25, 0.3) is 0 Å². The number of hydrogen-bond acceptors (Lipinski definition) is 3. The average Bonchev–Trinajstić information content (AvgIpc) is 2.40. The second kappa shape index (κ2) is 10.0. The van der Waals surface area contributed by atoms with Gasteiger partial charge in [0, 0.05) is 19.6 Å². The first-order valence-electron chi connectivity index (χ1n) is 7.62. The third-order valence-electron chi connectivity index (χ3n) is 3.72. The molecular weight excluding hydrogens is 240 g/mol. The molecule has 2 unspecified atom stereocenters. The number of carbonyl (C=O) groups excluding carboxylic acids is 1. The first-order chi connectivity index (χ1) is 9.24. The third kappa shape index (κ3) is 7.36. The summed E-state index contributed by atoms with van der Waals surface area (Å²) in [5, 5.41) is 0. The van der Waals surface area contributed by atoms with Gasteiger partial charge < -0.3 is 9.47 Å². The second-order valence-corrected chi connectivity index (χ2v) is 5.37. The molecule has 1 aliphatic carbocycles. The first kappa shape index (κ1) is 16.2. The van der Waals surface area contributed by atoms with E-state index in [4.69, 9.17) is 9.47 Å². The van der Waals surface area contributed by atoms with Gasteiger partial charge in [-0.1, -0.05) is 25.5 Å². The van der Waals surface area contributed by atoms with E-state index in [2.05, 4.69) is 19.1 Å². The molecule has 0 amide bonds. The molecule has 110 valence electrons. The van der Waals surface area contributed by atoms with Crippen LogP contribution in [0.2, 0.25) is 0 Å². The molecule has 19 heavy (non-hydrogen) atoms. The van der Waals surface area contributed by atoms with Gasteiger partial charge in [-0.25, -0.2) is 0 Å². The average molecular weight is 268 g/mol. The largest absolute Gasteiger partial charge is 0.466 e. The van der Waals surface area contributed by atoms with E-state index in [9.17, 15) is 4.79 Å². The van der Waals surface area contributed by atoms with Crippen molar-refractivity contribution in [3.05, 3.63) is 12.2 Å². The SMILES string of the molecule is CCOC(=O)CCCCCOCC1CC=CCC1C. The highest BCUT2D eigenvalue weighted by atomic mass is 16.5.